The minimum Gasteiger partial charge on any atom is -0.329 e. The minimum absolute atomic E-state index is 0.135. The first-order valence-corrected chi connectivity index (χ1v) is 5.98. The van der Waals surface area contributed by atoms with Crippen molar-refractivity contribution in [3.63, 3.8) is 0 Å². The number of benzene rings is 1. The normalized spacial score (nSPS) is 10.9. The van der Waals surface area contributed by atoms with Crippen LogP contribution >= 0.6 is 11.8 Å². The smallest absolute Gasteiger partial charge is 0.136 e. The van der Waals surface area contributed by atoms with Crippen molar-refractivity contribution in [1.29, 1.82) is 0 Å². The maximum atomic E-state index is 13.2. The van der Waals surface area contributed by atoms with Crippen LogP contribution in [0.1, 0.15) is 0 Å². The van der Waals surface area contributed by atoms with Gasteiger partial charge in [-0.2, -0.15) is 0 Å². The minimum atomic E-state index is -0.135. The lowest BCUT2D eigenvalue weighted by Gasteiger charge is -2.14. The maximum absolute atomic E-state index is 13.2. The Kier molecular flexibility index (Phi) is 5.68. The number of nitrogens with two attached hydrogens (primary N) is 1. The Balaban J connectivity index is 2.29. The Labute approximate surface area is 94.6 Å². The third-order valence-corrected chi connectivity index (χ3v) is 3.11. The van der Waals surface area contributed by atoms with Crippen LogP contribution in [0.15, 0.2) is 29.2 Å². The van der Waals surface area contributed by atoms with Crippen LogP contribution in [-0.4, -0.2) is 37.3 Å². The molecule has 0 atom stereocenters. The molecule has 0 aliphatic rings. The Bertz CT molecular complexity index is 294. The molecular formula is C11H17FN2S. The van der Waals surface area contributed by atoms with Crippen molar-refractivity contribution in [2.24, 2.45) is 5.73 Å². The number of halogens is 1. The highest BCUT2D eigenvalue weighted by Gasteiger charge is 2.02. The highest BCUT2D eigenvalue weighted by molar-refractivity contribution is 7.99. The lowest BCUT2D eigenvalue weighted by molar-refractivity contribution is 0.366. The predicted molar refractivity (Wildman–Crippen MR) is 63.7 cm³/mol. The predicted octanol–water partition coefficient (Wildman–Crippen LogP) is 1.81. The quantitative estimate of drug-likeness (QED) is 0.753. The van der Waals surface area contributed by atoms with Gasteiger partial charge in [0, 0.05) is 30.3 Å². The molecule has 0 aliphatic heterocycles. The fourth-order valence-electron chi connectivity index (χ4n) is 1.21. The summed E-state index contributed by atoms with van der Waals surface area (Å²) in [4.78, 5) is 2.87. The molecule has 2 nitrogen and oxygen atoms in total. The van der Waals surface area contributed by atoms with E-state index in [1.54, 1.807) is 17.8 Å². The van der Waals surface area contributed by atoms with E-state index >= 15 is 0 Å². The summed E-state index contributed by atoms with van der Waals surface area (Å²) in [5.41, 5.74) is 5.43. The molecule has 84 valence electrons. The van der Waals surface area contributed by atoms with Gasteiger partial charge in [0.15, 0.2) is 0 Å². The molecule has 2 N–H and O–H groups in total. The summed E-state index contributed by atoms with van der Waals surface area (Å²) in [6, 6.07) is 6.86. The standard InChI is InChI=1S/C11H17FN2S/c1-14(7-6-13)8-9-15-11-5-3-2-4-10(11)12/h2-5H,6-9,13H2,1H3. The molecule has 0 aliphatic carbocycles. The monoisotopic (exact) mass is 228 g/mol. The molecule has 0 amide bonds. The summed E-state index contributed by atoms with van der Waals surface area (Å²) in [5.74, 6) is 0.751. The third-order valence-electron chi connectivity index (χ3n) is 2.08. The van der Waals surface area contributed by atoms with E-state index in [9.17, 15) is 4.39 Å². The van der Waals surface area contributed by atoms with E-state index in [0.29, 0.717) is 6.54 Å². The van der Waals surface area contributed by atoms with Crippen LogP contribution in [0.4, 0.5) is 4.39 Å². The molecule has 0 fully saturated rings. The van der Waals surface area contributed by atoms with Crippen molar-refractivity contribution in [1.82, 2.24) is 4.90 Å². The van der Waals surface area contributed by atoms with Crippen molar-refractivity contribution in [2.75, 3.05) is 32.4 Å². The molecule has 15 heavy (non-hydrogen) atoms. The van der Waals surface area contributed by atoms with Crippen molar-refractivity contribution in [3.8, 4) is 0 Å². The van der Waals surface area contributed by atoms with E-state index in [-0.39, 0.29) is 5.82 Å². The van der Waals surface area contributed by atoms with Gasteiger partial charge in [-0.25, -0.2) is 4.39 Å². The number of hydrogen-bond donors (Lipinski definition) is 1. The summed E-state index contributed by atoms with van der Waals surface area (Å²) >= 11 is 1.54. The molecule has 1 rings (SSSR count). The largest absolute Gasteiger partial charge is 0.329 e. The summed E-state index contributed by atoms with van der Waals surface area (Å²) in [6.45, 7) is 2.48. The highest BCUT2D eigenvalue weighted by Crippen LogP contribution is 2.20. The summed E-state index contributed by atoms with van der Waals surface area (Å²) < 4.78 is 13.2. The van der Waals surface area contributed by atoms with Gasteiger partial charge in [-0.1, -0.05) is 12.1 Å². The molecular weight excluding hydrogens is 211 g/mol. The maximum Gasteiger partial charge on any atom is 0.136 e. The zero-order valence-corrected chi connectivity index (χ0v) is 9.77. The van der Waals surface area contributed by atoms with Gasteiger partial charge in [0.05, 0.1) is 0 Å². The van der Waals surface area contributed by atoms with Gasteiger partial charge in [0.1, 0.15) is 5.82 Å². The van der Waals surface area contributed by atoms with Crippen LogP contribution in [0.2, 0.25) is 0 Å². The second-order valence-corrected chi connectivity index (χ2v) is 4.51. The van der Waals surface area contributed by atoms with Crippen molar-refractivity contribution in [3.05, 3.63) is 30.1 Å². The molecule has 0 heterocycles. The lowest BCUT2D eigenvalue weighted by Crippen LogP contribution is -2.27. The van der Waals surface area contributed by atoms with Gasteiger partial charge in [0.25, 0.3) is 0 Å². The van der Waals surface area contributed by atoms with E-state index < -0.39 is 0 Å². The van der Waals surface area contributed by atoms with Crippen molar-refractivity contribution >= 4 is 11.8 Å². The van der Waals surface area contributed by atoms with E-state index in [4.69, 9.17) is 5.73 Å². The molecule has 0 unspecified atom stereocenters. The Hall–Kier alpha value is -0.580. The zero-order chi connectivity index (χ0) is 11.1. The average molecular weight is 228 g/mol. The fraction of sp³-hybridized carbons (Fsp3) is 0.455. The van der Waals surface area contributed by atoms with Crippen LogP contribution in [0.3, 0.4) is 0 Å². The lowest BCUT2D eigenvalue weighted by atomic mass is 10.3. The van der Waals surface area contributed by atoms with E-state index in [1.807, 2.05) is 19.2 Å². The zero-order valence-electron chi connectivity index (χ0n) is 8.95. The average Bonchev–Trinajstić information content (AvgIpc) is 2.21. The van der Waals surface area contributed by atoms with Crippen LogP contribution in [0.5, 0.6) is 0 Å². The van der Waals surface area contributed by atoms with E-state index in [0.717, 1.165) is 23.7 Å². The molecule has 1 aromatic carbocycles. The molecule has 0 radical (unpaired) electrons. The first kappa shape index (κ1) is 12.5. The molecule has 0 saturated carbocycles. The molecule has 0 saturated heterocycles. The first-order valence-electron chi connectivity index (χ1n) is 5.00. The number of rotatable bonds is 6. The van der Waals surface area contributed by atoms with Crippen LogP contribution in [-0.2, 0) is 0 Å². The summed E-state index contributed by atoms with van der Waals surface area (Å²) in [6.07, 6.45) is 0. The second kappa shape index (κ2) is 6.82. The summed E-state index contributed by atoms with van der Waals surface area (Å²) in [5, 5.41) is 0. The Morgan fingerprint density at radius 3 is 2.73 bits per heavy atom. The third kappa shape index (κ3) is 4.64. The van der Waals surface area contributed by atoms with Gasteiger partial charge < -0.3 is 10.6 Å². The van der Waals surface area contributed by atoms with E-state index in [2.05, 4.69) is 4.90 Å². The van der Waals surface area contributed by atoms with Gasteiger partial charge in [-0.3, -0.25) is 0 Å². The van der Waals surface area contributed by atoms with Crippen molar-refractivity contribution < 1.29 is 4.39 Å². The number of thioether (sulfide) groups is 1. The van der Waals surface area contributed by atoms with Crippen LogP contribution < -0.4 is 5.73 Å². The van der Waals surface area contributed by atoms with Gasteiger partial charge in [0.2, 0.25) is 0 Å². The molecule has 0 spiro atoms. The topological polar surface area (TPSA) is 29.3 Å². The second-order valence-electron chi connectivity index (χ2n) is 3.37. The van der Waals surface area contributed by atoms with Gasteiger partial charge in [-0.05, 0) is 19.2 Å². The summed E-state index contributed by atoms with van der Waals surface area (Å²) in [7, 11) is 2.02. The van der Waals surface area contributed by atoms with Crippen LogP contribution in [0.25, 0.3) is 0 Å². The Morgan fingerprint density at radius 1 is 1.33 bits per heavy atom. The molecule has 0 bridgehead atoms. The van der Waals surface area contributed by atoms with Gasteiger partial charge >= 0.3 is 0 Å². The SMILES string of the molecule is CN(CCN)CCSc1ccccc1F. The van der Waals surface area contributed by atoms with Crippen molar-refractivity contribution in [2.45, 2.75) is 4.90 Å². The molecule has 1 aromatic rings. The fourth-order valence-corrected chi connectivity index (χ4v) is 2.21. The van der Waals surface area contributed by atoms with Gasteiger partial charge in [-0.15, -0.1) is 11.8 Å². The molecule has 4 heteroatoms. The number of hydrogen-bond acceptors (Lipinski definition) is 3. The molecule has 0 aromatic heterocycles. The van der Waals surface area contributed by atoms with E-state index in [1.165, 1.54) is 6.07 Å². The Morgan fingerprint density at radius 2 is 2.07 bits per heavy atom. The number of likely N-dealkylation sites (N-methyl/N-ethyl adjacent to an activating group) is 1. The van der Waals surface area contributed by atoms with Crippen LogP contribution in [0, 0.1) is 5.82 Å². The highest BCUT2D eigenvalue weighted by atomic mass is 32.2. The first-order chi connectivity index (χ1) is 7.24. The number of nitrogens with zero attached hydrogens (tertiary/aromatic N) is 1.